The van der Waals surface area contributed by atoms with Gasteiger partial charge in [-0.15, -0.1) is 0 Å². The van der Waals surface area contributed by atoms with Crippen LogP contribution in [-0.4, -0.2) is 54.4 Å². The lowest BCUT2D eigenvalue weighted by Gasteiger charge is -2.51. The van der Waals surface area contributed by atoms with Crippen molar-refractivity contribution in [3.05, 3.63) is 54.1 Å². The predicted octanol–water partition coefficient (Wildman–Crippen LogP) is 11.2. The molecule has 2 aliphatic rings. The highest BCUT2D eigenvalue weighted by Crippen LogP contribution is 2.52. The summed E-state index contributed by atoms with van der Waals surface area (Å²) in [6, 6.07) is 6.82. The van der Waals surface area contributed by atoms with E-state index in [4.69, 9.17) is 18.1 Å². The van der Waals surface area contributed by atoms with Crippen molar-refractivity contribution in [3.8, 4) is 0 Å². The van der Waals surface area contributed by atoms with Gasteiger partial charge in [0.05, 0.1) is 23.2 Å². The smallest absolute Gasteiger partial charge is 0.303 e. The first-order valence-corrected chi connectivity index (χ1v) is 26.6. The van der Waals surface area contributed by atoms with E-state index in [2.05, 4.69) is 92.9 Å². The molecule has 10 heteroatoms. The zero-order valence-corrected chi connectivity index (χ0v) is 36.7. The molecule has 0 saturated heterocycles. The van der Waals surface area contributed by atoms with Gasteiger partial charge in [-0.3, -0.25) is 8.98 Å². The average Bonchev–Trinajstić information content (AvgIpc) is 3.26. The number of carbonyl (C=O) groups is 1. The third-order valence-electron chi connectivity index (χ3n) is 12.7. The summed E-state index contributed by atoms with van der Waals surface area (Å²) in [5, 5.41) is 9.18. The van der Waals surface area contributed by atoms with Crippen LogP contribution in [0.2, 0.25) is 36.3 Å². The molecule has 0 heterocycles. The Balaban J connectivity index is 2.02. The van der Waals surface area contributed by atoms with Crippen molar-refractivity contribution in [2.45, 2.75) is 179 Å². The Hall–Kier alpha value is -1.57. The standard InChI is InChI=1S/C41H70O7SSi2/c1-13-41(28-19-29-41)37(48-51(11,12)40(6,7)8)22-18-21-34-33(20-16-14-15-17-23-38(42)43)35(30-36(34)47-50(9,10)39(3,4)5)46-49(44,45)32-26-24-31(2)25-27-32/h14,16,18,21,24-27,33-37H,13,15,17,19-20,22-23,28-30H2,1-12H3,(H,42,43)/b16-14-,21-18+/t33-,34-,35+,36-,37?/m1/s1. The SMILES string of the molecule is CCC1(C(C/C=C/[C@@H]2[C@@H](C/C=C\CCCC(=O)O)[C@@H](OS(=O)(=O)c3ccc(C)cc3)C[C@H]2O[Si](C)(C)C(C)(C)C)O[Si](C)(C)C(C)(C)C)CCC1. The molecular formula is C41H70O7SSi2. The quantitative estimate of drug-likeness (QED) is 0.0688. The molecule has 7 nitrogen and oxygen atoms in total. The Morgan fingerprint density at radius 3 is 2.08 bits per heavy atom. The maximum Gasteiger partial charge on any atom is 0.303 e. The van der Waals surface area contributed by atoms with Crippen molar-refractivity contribution in [1.82, 2.24) is 0 Å². The number of hydrogen-bond donors (Lipinski definition) is 1. The second-order valence-corrected chi connectivity index (χ2v) is 29.5. The van der Waals surface area contributed by atoms with Crippen molar-refractivity contribution in [1.29, 1.82) is 0 Å². The molecule has 0 aliphatic heterocycles. The van der Waals surface area contributed by atoms with Crippen LogP contribution in [0, 0.1) is 24.2 Å². The summed E-state index contributed by atoms with van der Waals surface area (Å²) < 4.78 is 48.0. The van der Waals surface area contributed by atoms with Crippen LogP contribution in [0.3, 0.4) is 0 Å². The number of carboxylic acid groups (broad SMARTS) is 1. The minimum atomic E-state index is -4.02. The van der Waals surface area contributed by atoms with Crippen LogP contribution in [0.25, 0.3) is 0 Å². The van der Waals surface area contributed by atoms with Gasteiger partial charge in [0, 0.05) is 18.8 Å². The molecule has 0 amide bonds. The summed E-state index contributed by atoms with van der Waals surface area (Å²) in [5.41, 5.74) is 1.18. The zero-order valence-electron chi connectivity index (χ0n) is 33.9. The van der Waals surface area contributed by atoms with E-state index in [0.717, 1.165) is 18.4 Å². The van der Waals surface area contributed by atoms with E-state index >= 15 is 0 Å². The molecule has 0 bridgehead atoms. The Bertz CT molecular complexity index is 1440. The maximum absolute atomic E-state index is 13.7. The van der Waals surface area contributed by atoms with Crippen molar-refractivity contribution in [3.63, 3.8) is 0 Å². The monoisotopic (exact) mass is 762 g/mol. The Morgan fingerprint density at radius 2 is 1.57 bits per heavy atom. The molecule has 3 rings (SSSR count). The van der Waals surface area contributed by atoms with Crippen LogP contribution in [0.5, 0.6) is 0 Å². The minimum absolute atomic E-state index is 0.0203. The molecule has 2 fully saturated rings. The van der Waals surface area contributed by atoms with Gasteiger partial charge in [-0.2, -0.15) is 8.42 Å². The van der Waals surface area contributed by atoms with E-state index in [1.165, 1.54) is 19.3 Å². The van der Waals surface area contributed by atoms with Crippen molar-refractivity contribution in [2.24, 2.45) is 17.3 Å². The Kier molecular flexibility index (Phi) is 14.8. The molecule has 0 radical (unpaired) electrons. The van der Waals surface area contributed by atoms with E-state index < -0.39 is 38.8 Å². The van der Waals surface area contributed by atoms with Gasteiger partial charge in [-0.1, -0.05) is 96.9 Å². The normalized spacial score (nSPS) is 23.9. The second kappa shape index (κ2) is 17.3. The number of aliphatic carboxylic acids is 1. The largest absolute Gasteiger partial charge is 0.481 e. The first-order chi connectivity index (χ1) is 23.4. The molecule has 5 atom stereocenters. The van der Waals surface area contributed by atoms with Crippen molar-refractivity contribution < 1.29 is 31.4 Å². The third kappa shape index (κ3) is 11.5. The van der Waals surface area contributed by atoms with Crippen LogP contribution >= 0.6 is 0 Å². The molecule has 0 spiro atoms. The highest BCUT2D eigenvalue weighted by molar-refractivity contribution is 7.86. The summed E-state index contributed by atoms with van der Waals surface area (Å²) in [6.45, 7) is 27.1. The van der Waals surface area contributed by atoms with Crippen LogP contribution in [0.4, 0.5) is 0 Å². The molecule has 2 aliphatic carbocycles. The van der Waals surface area contributed by atoms with Gasteiger partial charge in [0.25, 0.3) is 10.1 Å². The van der Waals surface area contributed by atoms with Crippen LogP contribution < -0.4 is 0 Å². The number of allylic oxidation sites excluding steroid dienone is 2. The highest BCUT2D eigenvalue weighted by atomic mass is 32.2. The number of unbranched alkanes of at least 4 members (excludes halogenated alkanes) is 1. The minimum Gasteiger partial charge on any atom is -0.481 e. The lowest BCUT2D eigenvalue weighted by atomic mass is 9.63. The van der Waals surface area contributed by atoms with Gasteiger partial charge in [0.2, 0.25) is 0 Å². The maximum atomic E-state index is 13.7. The lowest BCUT2D eigenvalue weighted by molar-refractivity contribution is -0.137. The van der Waals surface area contributed by atoms with Gasteiger partial charge < -0.3 is 14.0 Å². The number of hydrogen-bond acceptors (Lipinski definition) is 6. The summed E-state index contributed by atoms with van der Waals surface area (Å²) in [7, 11) is -8.29. The van der Waals surface area contributed by atoms with Gasteiger partial charge >= 0.3 is 5.97 Å². The molecule has 1 aromatic carbocycles. The van der Waals surface area contributed by atoms with Gasteiger partial charge in [-0.05, 0) is 112 Å². The van der Waals surface area contributed by atoms with E-state index in [1.807, 2.05) is 13.0 Å². The molecule has 2 saturated carbocycles. The summed E-state index contributed by atoms with van der Waals surface area (Å²) in [6.07, 6.45) is 16.1. The highest BCUT2D eigenvalue weighted by Gasteiger charge is 2.50. The topological polar surface area (TPSA) is 99.1 Å². The molecule has 0 aromatic heterocycles. The number of rotatable bonds is 18. The van der Waals surface area contributed by atoms with Crippen LogP contribution in [-0.2, 0) is 27.9 Å². The molecule has 1 aromatic rings. The number of aryl methyl sites for hydroxylation is 1. The number of benzene rings is 1. The average molecular weight is 763 g/mol. The fourth-order valence-electron chi connectivity index (χ4n) is 6.97. The Morgan fingerprint density at radius 1 is 0.961 bits per heavy atom. The van der Waals surface area contributed by atoms with Gasteiger partial charge in [-0.25, -0.2) is 0 Å². The van der Waals surface area contributed by atoms with E-state index in [-0.39, 0.29) is 50.9 Å². The summed E-state index contributed by atoms with van der Waals surface area (Å²) >= 11 is 0. The predicted molar refractivity (Wildman–Crippen MR) is 215 cm³/mol. The zero-order chi connectivity index (χ0) is 38.5. The fraction of sp³-hybridized carbons (Fsp3) is 0.732. The molecule has 1 N–H and O–H groups in total. The Labute approximate surface area is 313 Å². The first kappa shape index (κ1) is 43.8. The first-order valence-electron chi connectivity index (χ1n) is 19.3. The van der Waals surface area contributed by atoms with Crippen molar-refractivity contribution >= 4 is 32.7 Å². The fourth-order valence-corrected chi connectivity index (χ4v) is 10.9. The lowest BCUT2D eigenvalue weighted by Crippen LogP contribution is -2.51. The molecule has 51 heavy (non-hydrogen) atoms. The molecule has 290 valence electrons. The van der Waals surface area contributed by atoms with E-state index in [1.54, 1.807) is 24.3 Å². The summed E-state index contributed by atoms with van der Waals surface area (Å²) in [5.74, 6) is -1.00. The van der Waals surface area contributed by atoms with E-state index in [9.17, 15) is 13.2 Å². The summed E-state index contributed by atoms with van der Waals surface area (Å²) in [4.78, 5) is 11.2. The molecule has 1 unspecified atom stereocenters. The number of carboxylic acids is 1. The molecular weight excluding hydrogens is 693 g/mol. The third-order valence-corrected chi connectivity index (χ3v) is 23.0. The van der Waals surface area contributed by atoms with Gasteiger partial charge in [0.1, 0.15) is 0 Å². The van der Waals surface area contributed by atoms with Crippen LogP contribution in [0.15, 0.2) is 53.5 Å². The van der Waals surface area contributed by atoms with E-state index in [0.29, 0.717) is 25.7 Å². The van der Waals surface area contributed by atoms with Crippen LogP contribution in [0.1, 0.15) is 118 Å². The van der Waals surface area contributed by atoms with Crippen molar-refractivity contribution in [2.75, 3.05) is 0 Å². The second-order valence-electron chi connectivity index (χ2n) is 18.4. The van der Waals surface area contributed by atoms with Gasteiger partial charge in [0.15, 0.2) is 16.6 Å².